The molecule has 2 N–H and O–H groups in total. The van der Waals surface area contributed by atoms with Crippen LogP contribution in [-0.4, -0.2) is 21.8 Å². The van der Waals surface area contributed by atoms with Crippen LogP contribution >= 0.6 is 0 Å². The molecule has 2 rings (SSSR count). The molecule has 1 aromatic heterocycles. The summed E-state index contributed by atoms with van der Waals surface area (Å²) in [5, 5.41) is 6.31. The molecule has 0 spiro atoms. The number of aromatic nitrogens is 3. The van der Waals surface area contributed by atoms with Gasteiger partial charge in [-0.05, 0) is 25.5 Å². The van der Waals surface area contributed by atoms with Gasteiger partial charge in [0.15, 0.2) is 5.82 Å². The SMILES string of the molecule is CCCCOc1ccc(C)cc1-c1n[nH]c(=O)[nH]1. The van der Waals surface area contributed by atoms with Crippen LogP contribution in [0.25, 0.3) is 11.4 Å². The van der Waals surface area contributed by atoms with Crippen molar-refractivity contribution < 1.29 is 4.74 Å². The van der Waals surface area contributed by atoms with E-state index >= 15 is 0 Å². The van der Waals surface area contributed by atoms with Crippen molar-refractivity contribution in [2.45, 2.75) is 26.7 Å². The fourth-order valence-electron chi connectivity index (χ4n) is 1.68. The van der Waals surface area contributed by atoms with Crippen LogP contribution in [0.3, 0.4) is 0 Å². The Hall–Kier alpha value is -2.04. The highest BCUT2D eigenvalue weighted by Crippen LogP contribution is 2.27. The Morgan fingerprint density at radius 1 is 1.39 bits per heavy atom. The van der Waals surface area contributed by atoms with Gasteiger partial charge in [-0.2, -0.15) is 5.10 Å². The summed E-state index contributed by atoms with van der Waals surface area (Å²) in [6.07, 6.45) is 2.09. The number of ether oxygens (including phenoxy) is 1. The predicted octanol–water partition coefficient (Wildman–Crippen LogP) is 2.25. The topological polar surface area (TPSA) is 70.8 Å². The molecule has 1 aromatic carbocycles. The molecule has 0 saturated heterocycles. The van der Waals surface area contributed by atoms with Gasteiger partial charge in [-0.3, -0.25) is 4.98 Å². The third kappa shape index (κ3) is 2.80. The molecule has 1 heterocycles. The highest BCUT2D eigenvalue weighted by molar-refractivity contribution is 5.64. The maximum absolute atomic E-state index is 11.1. The van der Waals surface area contributed by atoms with Gasteiger partial charge >= 0.3 is 5.69 Å². The largest absolute Gasteiger partial charge is 0.493 e. The Bertz CT molecular complexity index is 572. The van der Waals surface area contributed by atoms with Crippen molar-refractivity contribution in [2.24, 2.45) is 0 Å². The van der Waals surface area contributed by atoms with Crippen LogP contribution in [0.5, 0.6) is 5.75 Å². The molecule has 0 fully saturated rings. The molecule has 5 nitrogen and oxygen atoms in total. The molecule has 18 heavy (non-hydrogen) atoms. The number of aromatic amines is 2. The number of hydrogen-bond acceptors (Lipinski definition) is 3. The third-order valence-electron chi connectivity index (χ3n) is 2.65. The number of H-pyrrole nitrogens is 2. The van der Waals surface area contributed by atoms with Crippen molar-refractivity contribution in [3.05, 3.63) is 34.2 Å². The summed E-state index contributed by atoms with van der Waals surface area (Å²) in [5.74, 6) is 1.26. The standard InChI is InChI=1S/C13H17N3O2/c1-3-4-7-18-11-6-5-9(2)8-10(11)12-14-13(17)16-15-12/h5-6,8H,3-4,7H2,1-2H3,(H2,14,15,16,17). The van der Waals surface area contributed by atoms with E-state index in [0.717, 1.165) is 29.7 Å². The van der Waals surface area contributed by atoms with Gasteiger partial charge < -0.3 is 4.74 Å². The van der Waals surface area contributed by atoms with Crippen molar-refractivity contribution in [3.63, 3.8) is 0 Å². The second-order valence-electron chi connectivity index (χ2n) is 4.23. The van der Waals surface area contributed by atoms with E-state index in [2.05, 4.69) is 22.1 Å². The monoisotopic (exact) mass is 247 g/mol. The Kier molecular flexibility index (Phi) is 3.82. The fraction of sp³-hybridized carbons (Fsp3) is 0.385. The Morgan fingerprint density at radius 2 is 2.22 bits per heavy atom. The molecular weight excluding hydrogens is 230 g/mol. The Balaban J connectivity index is 2.31. The molecule has 0 aliphatic heterocycles. The molecule has 0 saturated carbocycles. The van der Waals surface area contributed by atoms with Gasteiger partial charge in [0.05, 0.1) is 12.2 Å². The van der Waals surface area contributed by atoms with Crippen molar-refractivity contribution >= 4 is 0 Å². The van der Waals surface area contributed by atoms with Crippen LogP contribution in [0.4, 0.5) is 0 Å². The van der Waals surface area contributed by atoms with E-state index in [1.54, 1.807) is 0 Å². The van der Waals surface area contributed by atoms with E-state index in [-0.39, 0.29) is 5.69 Å². The lowest BCUT2D eigenvalue weighted by Gasteiger charge is -2.10. The van der Waals surface area contributed by atoms with E-state index in [0.29, 0.717) is 12.4 Å². The van der Waals surface area contributed by atoms with Gasteiger partial charge in [0.1, 0.15) is 5.75 Å². The molecule has 5 heteroatoms. The maximum atomic E-state index is 11.1. The number of nitrogens with zero attached hydrogens (tertiary/aromatic N) is 1. The van der Waals surface area contributed by atoms with Crippen LogP contribution in [-0.2, 0) is 0 Å². The predicted molar refractivity (Wildman–Crippen MR) is 69.8 cm³/mol. The Morgan fingerprint density at radius 3 is 2.89 bits per heavy atom. The summed E-state index contributed by atoms with van der Waals surface area (Å²) in [4.78, 5) is 13.8. The number of unbranched alkanes of at least 4 members (excludes halogenated alkanes) is 1. The minimum absolute atomic E-state index is 0.314. The van der Waals surface area contributed by atoms with Crippen molar-refractivity contribution in [1.29, 1.82) is 0 Å². The first-order chi connectivity index (χ1) is 8.70. The van der Waals surface area contributed by atoms with Gasteiger partial charge in [-0.15, -0.1) is 0 Å². The third-order valence-corrected chi connectivity index (χ3v) is 2.65. The lowest BCUT2D eigenvalue weighted by molar-refractivity contribution is 0.310. The van der Waals surface area contributed by atoms with Gasteiger partial charge in [-0.25, -0.2) is 9.89 Å². The molecule has 0 amide bonds. The Labute approximate surface area is 105 Å². The second-order valence-corrected chi connectivity index (χ2v) is 4.23. The van der Waals surface area contributed by atoms with Crippen molar-refractivity contribution in [2.75, 3.05) is 6.61 Å². The van der Waals surface area contributed by atoms with Gasteiger partial charge in [-0.1, -0.05) is 25.0 Å². The van der Waals surface area contributed by atoms with Crippen LogP contribution < -0.4 is 10.4 Å². The summed E-state index contributed by atoms with van der Waals surface area (Å²) in [5.41, 5.74) is 1.59. The zero-order valence-corrected chi connectivity index (χ0v) is 10.6. The second kappa shape index (κ2) is 5.53. The van der Waals surface area contributed by atoms with Crippen LogP contribution in [0.2, 0.25) is 0 Å². The first-order valence-electron chi connectivity index (χ1n) is 6.09. The average molecular weight is 247 g/mol. The minimum atomic E-state index is -0.314. The highest BCUT2D eigenvalue weighted by Gasteiger charge is 2.10. The number of hydrogen-bond donors (Lipinski definition) is 2. The van der Waals surface area contributed by atoms with Crippen LogP contribution in [0.15, 0.2) is 23.0 Å². The van der Waals surface area contributed by atoms with E-state index in [9.17, 15) is 4.79 Å². The molecule has 0 bridgehead atoms. The molecular formula is C13H17N3O2. The smallest absolute Gasteiger partial charge is 0.340 e. The quantitative estimate of drug-likeness (QED) is 0.796. The fourth-order valence-corrected chi connectivity index (χ4v) is 1.68. The lowest BCUT2D eigenvalue weighted by Crippen LogP contribution is -2.01. The summed E-state index contributed by atoms with van der Waals surface area (Å²) in [6.45, 7) is 4.77. The minimum Gasteiger partial charge on any atom is -0.493 e. The van der Waals surface area contributed by atoms with Gasteiger partial charge in [0.2, 0.25) is 0 Å². The van der Waals surface area contributed by atoms with E-state index in [1.165, 1.54) is 0 Å². The number of aryl methyl sites for hydroxylation is 1. The van der Waals surface area contributed by atoms with E-state index < -0.39 is 0 Å². The van der Waals surface area contributed by atoms with E-state index in [1.807, 2.05) is 25.1 Å². The van der Waals surface area contributed by atoms with Crippen molar-refractivity contribution in [1.82, 2.24) is 15.2 Å². The summed E-state index contributed by atoms with van der Waals surface area (Å²) < 4.78 is 5.72. The maximum Gasteiger partial charge on any atom is 0.340 e. The first kappa shape index (κ1) is 12.4. The lowest BCUT2D eigenvalue weighted by atomic mass is 10.1. The van der Waals surface area contributed by atoms with Crippen LogP contribution in [0, 0.1) is 6.92 Å². The summed E-state index contributed by atoms with van der Waals surface area (Å²) in [7, 11) is 0. The molecule has 0 atom stereocenters. The van der Waals surface area contributed by atoms with Gasteiger partial charge in [0, 0.05) is 0 Å². The molecule has 0 unspecified atom stereocenters. The molecule has 0 aliphatic carbocycles. The van der Waals surface area contributed by atoms with Gasteiger partial charge in [0.25, 0.3) is 0 Å². The van der Waals surface area contributed by atoms with E-state index in [4.69, 9.17) is 4.74 Å². The zero-order valence-electron chi connectivity index (χ0n) is 10.6. The molecule has 0 aliphatic rings. The highest BCUT2D eigenvalue weighted by atomic mass is 16.5. The normalized spacial score (nSPS) is 10.6. The molecule has 96 valence electrons. The summed E-state index contributed by atoms with van der Waals surface area (Å²) >= 11 is 0. The zero-order chi connectivity index (χ0) is 13.0. The first-order valence-corrected chi connectivity index (χ1v) is 6.09. The molecule has 0 radical (unpaired) electrons. The number of nitrogens with one attached hydrogen (secondary N) is 2. The van der Waals surface area contributed by atoms with Crippen LogP contribution in [0.1, 0.15) is 25.3 Å². The molecule has 2 aromatic rings. The number of benzene rings is 1. The number of rotatable bonds is 5. The average Bonchev–Trinajstić information content (AvgIpc) is 2.78. The van der Waals surface area contributed by atoms with Crippen molar-refractivity contribution in [3.8, 4) is 17.1 Å². The summed E-state index contributed by atoms with van der Waals surface area (Å²) in [6, 6.07) is 5.84.